The van der Waals surface area contributed by atoms with E-state index >= 15 is 0 Å². The minimum Gasteiger partial charge on any atom is -0.480 e. The Kier molecular flexibility index (Phi) is 4.17. The van der Waals surface area contributed by atoms with E-state index in [0.29, 0.717) is 11.8 Å². The lowest BCUT2D eigenvalue weighted by Crippen LogP contribution is -2.26. The van der Waals surface area contributed by atoms with Crippen LogP contribution in [0.3, 0.4) is 0 Å². The molecule has 2 rings (SSSR count). The highest BCUT2D eigenvalue weighted by Gasteiger charge is 2.18. The van der Waals surface area contributed by atoms with Crippen molar-refractivity contribution >= 4 is 21.9 Å². The highest BCUT2D eigenvalue weighted by Crippen LogP contribution is 2.24. The van der Waals surface area contributed by atoms with Gasteiger partial charge in [-0.25, -0.2) is 4.98 Å². The van der Waals surface area contributed by atoms with E-state index < -0.39 is 0 Å². The molecular weight excluding hydrogens is 286 g/mol. The lowest BCUT2D eigenvalue weighted by Gasteiger charge is -2.20. The van der Waals surface area contributed by atoms with Gasteiger partial charge in [-0.05, 0) is 35.2 Å². The molecular formula is C11H16BrN3O2. The van der Waals surface area contributed by atoms with Crippen LogP contribution in [0.4, 0.5) is 5.95 Å². The Morgan fingerprint density at radius 1 is 1.47 bits per heavy atom. The van der Waals surface area contributed by atoms with Crippen molar-refractivity contribution in [3.05, 3.63) is 10.7 Å². The molecule has 1 aliphatic rings. The van der Waals surface area contributed by atoms with Crippen molar-refractivity contribution in [2.24, 2.45) is 0 Å². The molecule has 2 heterocycles. The molecule has 1 N–H and O–H groups in total. The Morgan fingerprint density at radius 3 is 3.06 bits per heavy atom. The van der Waals surface area contributed by atoms with E-state index in [0.717, 1.165) is 36.8 Å². The van der Waals surface area contributed by atoms with Crippen LogP contribution in [-0.4, -0.2) is 41.4 Å². The molecule has 1 aromatic rings. The van der Waals surface area contributed by atoms with Crippen molar-refractivity contribution in [2.75, 3.05) is 25.1 Å². The number of methoxy groups -OCH3 is 1. The molecule has 0 bridgehead atoms. The summed E-state index contributed by atoms with van der Waals surface area (Å²) in [6, 6.07) is 0. The monoisotopic (exact) mass is 301 g/mol. The number of nitrogens with zero attached hydrogens (tertiary/aromatic N) is 3. The molecule has 6 heteroatoms. The number of hydrogen-bond donors (Lipinski definition) is 1. The van der Waals surface area contributed by atoms with Crippen LogP contribution < -0.4 is 9.64 Å². The first-order valence-electron chi connectivity index (χ1n) is 5.70. The van der Waals surface area contributed by atoms with Gasteiger partial charge in [0.1, 0.15) is 0 Å². The molecule has 0 radical (unpaired) electrons. The number of hydrogen-bond acceptors (Lipinski definition) is 5. The first-order chi connectivity index (χ1) is 8.20. The van der Waals surface area contributed by atoms with Gasteiger partial charge < -0.3 is 14.7 Å². The molecule has 0 spiro atoms. The number of anilines is 1. The van der Waals surface area contributed by atoms with E-state index in [1.54, 1.807) is 13.3 Å². The lowest BCUT2D eigenvalue weighted by molar-refractivity contribution is 0.161. The summed E-state index contributed by atoms with van der Waals surface area (Å²) in [6.45, 7) is 1.66. The zero-order valence-electron chi connectivity index (χ0n) is 9.77. The van der Waals surface area contributed by atoms with Gasteiger partial charge in [-0.2, -0.15) is 4.98 Å². The summed E-state index contributed by atoms with van der Waals surface area (Å²) >= 11 is 3.33. The van der Waals surface area contributed by atoms with Gasteiger partial charge in [-0.3, -0.25) is 0 Å². The van der Waals surface area contributed by atoms with E-state index in [4.69, 9.17) is 4.74 Å². The molecule has 1 unspecified atom stereocenters. The largest absolute Gasteiger partial charge is 0.480 e. The van der Waals surface area contributed by atoms with E-state index in [1.165, 1.54) is 0 Å². The SMILES string of the molecule is COc1nc(N2CCCC(O)CC2)ncc1Br. The third-order valence-corrected chi connectivity index (χ3v) is 3.42. The number of aliphatic hydroxyl groups excluding tert-OH is 1. The molecule has 0 aliphatic carbocycles. The summed E-state index contributed by atoms with van der Waals surface area (Å²) in [4.78, 5) is 10.7. The zero-order chi connectivity index (χ0) is 12.3. The molecule has 1 aliphatic heterocycles. The van der Waals surface area contributed by atoms with Gasteiger partial charge in [0.2, 0.25) is 11.8 Å². The molecule has 0 amide bonds. The maximum Gasteiger partial charge on any atom is 0.232 e. The number of aliphatic hydroxyl groups is 1. The Hall–Kier alpha value is -0.880. The Labute approximate surface area is 109 Å². The van der Waals surface area contributed by atoms with E-state index in [1.807, 2.05) is 0 Å². The van der Waals surface area contributed by atoms with Gasteiger partial charge in [0, 0.05) is 13.1 Å². The molecule has 1 fully saturated rings. The average molecular weight is 302 g/mol. The quantitative estimate of drug-likeness (QED) is 0.899. The summed E-state index contributed by atoms with van der Waals surface area (Å²) in [7, 11) is 1.59. The Morgan fingerprint density at radius 2 is 2.29 bits per heavy atom. The number of halogens is 1. The summed E-state index contributed by atoms with van der Waals surface area (Å²) in [6.07, 6.45) is 4.08. The van der Waals surface area contributed by atoms with Crippen LogP contribution in [0.15, 0.2) is 10.7 Å². The fraction of sp³-hybridized carbons (Fsp3) is 0.636. The van der Waals surface area contributed by atoms with Gasteiger partial charge in [0.15, 0.2) is 0 Å². The fourth-order valence-electron chi connectivity index (χ4n) is 1.92. The number of rotatable bonds is 2. The maximum atomic E-state index is 9.60. The predicted octanol–water partition coefficient (Wildman–Crippen LogP) is 1.60. The highest BCUT2D eigenvalue weighted by atomic mass is 79.9. The van der Waals surface area contributed by atoms with Crippen molar-refractivity contribution in [3.63, 3.8) is 0 Å². The first-order valence-corrected chi connectivity index (χ1v) is 6.49. The third-order valence-electron chi connectivity index (χ3n) is 2.87. The number of aromatic nitrogens is 2. The zero-order valence-corrected chi connectivity index (χ0v) is 11.4. The standard InChI is InChI=1S/C11H16BrN3O2/c1-17-10-9(12)7-13-11(14-10)15-5-2-3-8(16)4-6-15/h7-8,16H,2-6H2,1H3. The van der Waals surface area contributed by atoms with Gasteiger partial charge in [-0.15, -0.1) is 0 Å². The molecule has 1 aromatic heterocycles. The van der Waals surface area contributed by atoms with Crippen LogP contribution in [0.25, 0.3) is 0 Å². The fourth-order valence-corrected chi connectivity index (χ4v) is 2.27. The molecule has 17 heavy (non-hydrogen) atoms. The van der Waals surface area contributed by atoms with Crippen molar-refractivity contribution in [2.45, 2.75) is 25.4 Å². The van der Waals surface area contributed by atoms with Crippen molar-refractivity contribution in [1.29, 1.82) is 0 Å². The molecule has 0 saturated carbocycles. The van der Waals surface area contributed by atoms with Gasteiger partial charge in [-0.1, -0.05) is 0 Å². The van der Waals surface area contributed by atoms with Crippen molar-refractivity contribution in [3.8, 4) is 5.88 Å². The van der Waals surface area contributed by atoms with Crippen LogP contribution in [0.5, 0.6) is 5.88 Å². The average Bonchev–Trinajstić information content (AvgIpc) is 2.55. The normalized spacial score (nSPS) is 21.1. The van der Waals surface area contributed by atoms with E-state index in [-0.39, 0.29) is 6.10 Å². The second-order valence-corrected chi connectivity index (χ2v) is 4.95. The minimum absolute atomic E-state index is 0.197. The number of ether oxygens (including phenoxy) is 1. The molecule has 0 aromatic carbocycles. The van der Waals surface area contributed by atoms with E-state index in [2.05, 4.69) is 30.8 Å². The summed E-state index contributed by atoms with van der Waals surface area (Å²) in [5.74, 6) is 1.21. The van der Waals surface area contributed by atoms with Gasteiger partial charge in [0.05, 0.1) is 23.9 Å². The van der Waals surface area contributed by atoms with E-state index in [9.17, 15) is 5.11 Å². The molecule has 94 valence electrons. The lowest BCUT2D eigenvalue weighted by atomic mass is 10.2. The Balaban J connectivity index is 2.15. The Bertz CT molecular complexity index is 389. The first kappa shape index (κ1) is 12.6. The van der Waals surface area contributed by atoms with Gasteiger partial charge in [0.25, 0.3) is 0 Å². The van der Waals surface area contributed by atoms with Crippen LogP contribution in [0.2, 0.25) is 0 Å². The summed E-state index contributed by atoms with van der Waals surface area (Å²) < 4.78 is 5.90. The minimum atomic E-state index is -0.197. The second kappa shape index (κ2) is 5.64. The topological polar surface area (TPSA) is 58.5 Å². The van der Waals surface area contributed by atoms with Crippen LogP contribution >= 0.6 is 15.9 Å². The summed E-state index contributed by atoms with van der Waals surface area (Å²) in [5, 5.41) is 9.60. The molecule has 5 nitrogen and oxygen atoms in total. The summed E-state index contributed by atoms with van der Waals surface area (Å²) in [5.41, 5.74) is 0. The molecule has 1 saturated heterocycles. The second-order valence-electron chi connectivity index (χ2n) is 4.10. The van der Waals surface area contributed by atoms with Crippen LogP contribution in [0, 0.1) is 0 Å². The highest BCUT2D eigenvalue weighted by molar-refractivity contribution is 9.10. The smallest absolute Gasteiger partial charge is 0.232 e. The maximum absolute atomic E-state index is 9.60. The van der Waals surface area contributed by atoms with Crippen LogP contribution in [0.1, 0.15) is 19.3 Å². The van der Waals surface area contributed by atoms with Crippen molar-refractivity contribution in [1.82, 2.24) is 9.97 Å². The van der Waals surface area contributed by atoms with Crippen molar-refractivity contribution < 1.29 is 9.84 Å². The molecule has 1 atom stereocenters. The third kappa shape index (κ3) is 3.07. The van der Waals surface area contributed by atoms with Gasteiger partial charge >= 0.3 is 0 Å². The van der Waals surface area contributed by atoms with Crippen LogP contribution in [-0.2, 0) is 0 Å². The predicted molar refractivity (Wildman–Crippen MR) is 68.4 cm³/mol.